The summed E-state index contributed by atoms with van der Waals surface area (Å²) in [5.74, 6) is 0.615. The van der Waals surface area contributed by atoms with Crippen LogP contribution in [-0.2, 0) is 0 Å². The van der Waals surface area contributed by atoms with E-state index in [0.29, 0.717) is 18.2 Å². The summed E-state index contributed by atoms with van der Waals surface area (Å²) >= 11 is 0. The first kappa shape index (κ1) is 8.86. The Labute approximate surface area is 80.2 Å². The molecule has 6 nitrogen and oxygen atoms in total. The Balaban J connectivity index is 2.68. The molecule has 0 unspecified atom stereocenters. The Bertz CT molecular complexity index is 461. The molecule has 2 N–H and O–H groups in total. The van der Waals surface area contributed by atoms with Crippen molar-refractivity contribution in [3.05, 3.63) is 20.8 Å². The summed E-state index contributed by atoms with van der Waals surface area (Å²) in [6.45, 7) is 3.37. The molecule has 1 aliphatic rings. The second kappa shape index (κ2) is 2.90. The van der Waals surface area contributed by atoms with Crippen molar-refractivity contribution in [3.63, 3.8) is 0 Å². The summed E-state index contributed by atoms with van der Waals surface area (Å²) in [6.07, 6.45) is 0. The van der Waals surface area contributed by atoms with Crippen LogP contribution in [0.3, 0.4) is 0 Å². The maximum absolute atomic E-state index is 11.5. The van der Waals surface area contributed by atoms with Gasteiger partial charge in [0.25, 0.3) is 5.56 Å². The highest BCUT2D eigenvalue weighted by Crippen LogP contribution is 2.26. The Hall–Kier alpha value is -1.72. The van der Waals surface area contributed by atoms with Gasteiger partial charge in [-0.2, -0.15) is 0 Å². The van der Waals surface area contributed by atoms with Crippen molar-refractivity contribution in [2.24, 2.45) is 0 Å². The van der Waals surface area contributed by atoms with Crippen LogP contribution in [0.5, 0.6) is 0 Å². The monoisotopic (exact) mass is 196 g/mol. The average molecular weight is 196 g/mol. The molecule has 0 radical (unpaired) electrons. The van der Waals surface area contributed by atoms with Crippen LogP contribution < -0.4 is 21.0 Å². The minimum Gasteiger partial charge on any atom is -0.349 e. The zero-order valence-corrected chi connectivity index (χ0v) is 8.13. The molecular weight excluding hydrogens is 184 g/mol. The second-order valence-electron chi connectivity index (χ2n) is 3.30. The molecule has 76 valence electrons. The number of rotatable bonds is 1. The van der Waals surface area contributed by atoms with Gasteiger partial charge in [-0.25, -0.2) is 4.79 Å². The first-order valence-electron chi connectivity index (χ1n) is 4.46. The number of nitrogens with zero attached hydrogens (tertiary/aromatic N) is 2. The molecule has 6 heteroatoms. The van der Waals surface area contributed by atoms with Gasteiger partial charge in [0.05, 0.1) is 6.67 Å². The smallest absolute Gasteiger partial charge is 0.327 e. The standard InChI is InChI=1S/C8H12N4O2/c1-3-12-4-11(2)5-6(12)9-8(14)10-7(5)13/h3-4H2,1-2H3,(H2,9,10,13,14). The Morgan fingerprint density at radius 2 is 2.07 bits per heavy atom. The summed E-state index contributed by atoms with van der Waals surface area (Å²) in [7, 11) is 1.82. The van der Waals surface area contributed by atoms with E-state index in [0.717, 1.165) is 6.54 Å². The van der Waals surface area contributed by atoms with E-state index < -0.39 is 5.69 Å². The lowest BCUT2D eigenvalue weighted by molar-refractivity contribution is 0.833. The van der Waals surface area contributed by atoms with E-state index in [9.17, 15) is 9.59 Å². The van der Waals surface area contributed by atoms with Crippen LogP contribution in [-0.4, -0.2) is 30.2 Å². The van der Waals surface area contributed by atoms with E-state index in [1.807, 2.05) is 23.8 Å². The number of aromatic nitrogens is 2. The van der Waals surface area contributed by atoms with E-state index in [1.165, 1.54) is 0 Å². The summed E-state index contributed by atoms with van der Waals surface area (Å²) in [5, 5.41) is 0. The lowest BCUT2D eigenvalue weighted by atomic mass is 10.4. The van der Waals surface area contributed by atoms with Gasteiger partial charge < -0.3 is 9.80 Å². The van der Waals surface area contributed by atoms with Gasteiger partial charge >= 0.3 is 5.69 Å². The minimum absolute atomic E-state index is 0.331. The predicted molar refractivity (Wildman–Crippen MR) is 54.0 cm³/mol. The molecule has 0 amide bonds. The van der Waals surface area contributed by atoms with Gasteiger partial charge in [0, 0.05) is 13.6 Å². The molecule has 0 saturated heterocycles. The van der Waals surface area contributed by atoms with E-state index in [4.69, 9.17) is 0 Å². The maximum Gasteiger partial charge on any atom is 0.327 e. The van der Waals surface area contributed by atoms with Crippen molar-refractivity contribution in [1.82, 2.24) is 9.97 Å². The molecule has 0 aliphatic carbocycles. The van der Waals surface area contributed by atoms with Crippen LogP contribution in [0.25, 0.3) is 0 Å². The van der Waals surface area contributed by atoms with Gasteiger partial charge in [-0.15, -0.1) is 0 Å². The van der Waals surface area contributed by atoms with E-state index >= 15 is 0 Å². The zero-order chi connectivity index (χ0) is 10.3. The summed E-state index contributed by atoms with van der Waals surface area (Å²) in [6, 6.07) is 0. The number of hydrogen-bond donors (Lipinski definition) is 2. The summed E-state index contributed by atoms with van der Waals surface area (Å²) in [4.78, 5) is 31.1. The highest BCUT2D eigenvalue weighted by Gasteiger charge is 2.25. The van der Waals surface area contributed by atoms with Crippen LogP contribution in [0, 0.1) is 0 Å². The van der Waals surface area contributed by atoms with Crippen molar-refractivity contribution in [2.45, 2.75) is 6.92 Å². The average Bonchev–Trinajstić information content (AvgIpc) is 2.42. The molecule has 0 atom stereocenters. The highest BCUT2D eigenvalue weighted by molar-refractivity contribution is 5.70. The quantitative estimate of drug-likeness (QED) is 0.622. The van der Waals surface area contributed by atoms with Crippen molar-refractivity contribution in [1.29, 1.82) is 0 Å². The van der Waals surface area contributed by atoms with Gasteiger partial charge in [0.15, 0.2) is 0 Å². The molecule has 1 aromatic heterocycles. The third-order valence-electron chi connectivity index (χ3n) is 2.36. The van der Waals surface area contributed by atoms with Crippen molar-refractivity contribution in [2.75, 3.05) is 30.1 Å². The largest absolute Gasteiger partial charge is 0.349 e. The fourth-order valence-corrected chi connectivity index (χ4v) is 1.71. The first-order valence-corrected chi connectivity index (χ1v) is 4.46. The molecule has 0 fully saturated rings. The molecule has 1 aliphatic heterocycles. The fourth-order valence-electron chi connectivity index (χ4n) is 1.71. The van der Waals surface area contributed by atoms with Crippen LogP contribution >= 0.6 is 0 Å². The van der Waals surface area contributed by atoms with E-state index in [2.05, 4.69) is 9.97 Å². The highest BCUT2D eigenvalue weighted by atomic mass is 16.2. The second-order valence-corrected chi connectivity index (χ2v) is 3.30. The molecule has 2 rings (SSSR count). The van der Waals surface area contributed by atoms with Gasteiger partial charge in [-0.05, 0) is 6.92 Å². The Morgan fingerprint density at radius 3 is 2.71 bits per heavy atom. The van der Waals surface area contributed by atoms with Crippen molar-refractivity contribution < 1.29 is 0 Å². The number of anilines is 2. The third kappa shape index (κ3) is 1.11. The minimum atomic E-state index is -0.456. The lowest BCUT2D eigenvalue weighted by Crippen LogP contribution is -2.28. The maximum atomic E-state index is 11.5. The fraction of sp³-hybridized carbons (Fsp3) is 0.500. The number of nitrogens with one attached hydrogen (secondary N) is 2. The number of hydrogen-bond acceptors (Lipinski definition) is 4. The van der Waals surface area contributed by atoms with E-state index in [-0.39, 0.29) is 5.56 Å². The molecule has 0 saturated carbocycles. The van der Waals surface area contributed by atoms with Gasteiger partial charge in [0.2, 0.25) is 0 Å². The summed E-state index contributed by atoms with van der Waals surface area (Å²) < 4.78 is 0. The normalized spacial score (nSPS) is 14.7. The lowest BCUT2D eigenvalue weighted by Gasteiger charge is -2.15. The molecule has 0 spiro atoms. The zero-order valence-electron chi connectivity index (χ0n) is 8.13. The molecule has 14 heavy (non-hydrogen) atoms. The number of H-pyrrole nitrogens is 2. The van der Waals surface area contributed by atoms with Crippen LogP contribution in [0.2, 0.25) is 0 Å². The third-order valence-corrected chi connectivity index (χ3v) is 2.36. The topological polar surface area (TPSA) is 72.2 Å². The number of fused-ring (bicyclic) bond motifs is 1. The predicted octanol–water partition coefficient (Wildman–Crippen LogP) is -0.703. The Morgan fingerprint density at radius 1 is 1.36 bits per heavy atom. The molecule has 1 aromatic rings. The van der Waals surface area contributed by atoms with E-state index in [1.54, 1.807) is 0 Å². The molecule has 2 heterocycles. The molecule has 0 bridgehead atoms. The van der Waals surface area contributed by atoms with Crippen LogP contribution in [0.15, 0.2) is 9.59 Å². The van der Waals surface area contributed by atoms with Crippen molar-refractivity contribution in [3.8, 4) is 0 Å². The molecule has 0 aromatic carbocycles. The van der Waals surface area contributed by atoms with Gasteiger partial charge in [-0.1, -0.05) is 0 Å². The summed E-state index contributed by atoms with van der Waals surface area (Å²) in [5.41, 5.74) is -0.254. The number of aromatic amines is 2. The Kier molecular flexibility index (Phi) is 1.83. The van der Waals surface area contributed by atoms with Crippen LogP contribution in [0.1, 0.15) is 6.92 Å². The van der Waals surface area contributed by atoms with Gasteiger partial charge in [-0.3, -0.25) is 14.8 Å². The first-order chi connectivity index (χ1) is 6.63. The SMILES string of the molecule is CCN1CN(C)c2c1[nH]c(=O)[nH]c2=O. The van der Waals surface area contributed by atoms with Crippen LogP contribution in [0.4, 0.5) is 11.5 Å². The van der Waals surface area contributed by atoms with Gasteiger partial charge in [0.1, 0.15) is 11.5 Å². The molecular formula is C8H12N4O2. The van der Waals surface area contributed by atoms with Crippen molar-refractivity contribution >= 4 is 11.5 Å².